The van der Waals surface area contributed by atoms with Crippen molar-refractivity contribution in [3.63, 3.8) is 0 Å². The molecule has 0 atom stereocenters. The first-order valence-corrected chi connectivity index (χ1v) is 5.41. The molecule has 80 valence electrons. The average molecular weight is 232 g/mol. The molecule has 5 heteroatoms. The number of aromatic carboxylic acids is 1. The summed E-state index contributed by atoms with van der Waals surface area (Å²) >= 11 is 1.48. The molecule has 0 spiro atoms. The van der Waals surface area contributed by atoms with Crippen LogP contribution in [0.5, 0.6) is 0 Å². The van der Waals surface area contributed by atoms with Crippen molar-refractivity contribution in [3.05, 3.63) is 46.2 Å². The molecule has 0 saturated carbocycles. The highest BCUT2D eigenvalue weighted by atomic mass is 32.1. The lowest BCUT2D eigenvalue weighted by molar-refractivity contribution is 0.0696. The Bertz CT molecular complexity index is 521. The molecule has 2 aromatic rings. The number of carboxylic acids is 1. The van der Waals surface area contributed by atoms with Gasteiger partial charge in [-0.15, -0.1) is 11.3 Å². The summed E-state index contributed by atoms with van der Waals surface area (Å²) in [6.45, 7) is 0. The van der Waals surface area contributed by atoms with E-state index in [4.69, 9.17) is 5.11 Å². The van der Waals surface area contributed by atoms with Crippen LogP contribution in [0.4, 0.5) is 0 Å². The van der Waals surface area contributed by atoms with Crippen LogP contribution in [0.15, 0.2) is 29.9 Å². The highest BCUT2D eigenvalue weighted by Crippen LogP contribution is 2.12. The number of rotatable bonds is 3. The van der Waals surface area contributed by atoms with Crippen LogP contribution < -0.4 is 0 Å². The number of hydrogen-bond acceptors (Lipinski definition) is 4. The van der Waals surface area contributed by atoms with Crippen molar-refractivity contribution in [2.45, 2.75) is 0 Å². The van der Waals surface area contributed by atoms with Gasteiger partial charge in [-0.2, -0.15) is 0 Å². The summed E-state index contributed by atoms with van der Waals surface area (Å²) in [4.78, 5) is 19.0. The molecule has 0 amide bonds. The maximum absolute atomic E-state index is 10.9. The van der Waals surface area contributed by atoms with E-state index in [0.717, 1.165) is 5.01 Å². The number of nitrogens with zero attached hydrogens (tertiary/aromatic N) is 2. The fourth-order valence-electron chi connectivity index (χ4n) is 1.20. The third kappa shape index (κ3) is 2.32. The van der Waals surface area contributed by atoms with Gasteiger partial charge in [-0.3, -0.25) is 4.98 Å². The van der Waals surface area contributed by atoms with Crippen LogP contribution in [-0.2, 0) is 0 Å². The predicted molar refractivity (Wildman–Crippen MR) is 62.2 cm³/mol. The number of thiazole rings is 1. The van der Waals surface area contributed by atoms with Gasteiger partial charge in [0.15, 0.2) is 0 Å². The minimum atomic E-state index is -0.980. The summed E-state index contributed by atoms with van der Waals surface area (Å²) in [5, 5.41) is 11.6. The quantitative estimate of drug-likeness (QED) is 0.882. The largest absolute Gasteiger partial charge is 0.478 e. The molecule has 2 aromatic heterocycles. The molecule has 0 fully saturated rings. The molecule has 0 radical (unpaired) electrons. The van der Waals surface area contributed by atoms with E-state index < -0.39 is 5.97 Å². The van der Waals surface area contributed by atoms with Crippen LogP contribution >= 0.6 is 11.3 Å². The maximum Gasteiger partial charge on any atom is 0.337 e. The molecule has 0 aliphatic heterocycles. The van der Waals surface area contributed by atoms with E-state index in [1.807, 2.05) is 5.38 Å². The van der Waals surface area contributed by atoms with Crippen LogP contribution in [0.2, 0.25) is 0 Å². The Morgan fingerprint density at radius 1 is 1.31 bits per heavy atom. The van der Waals surface area contributed by atoms with Gasteiger partial charge in [-0.05, 0) is 24.3 Å². The van der Waals surface area contributed by atoms with Crippen LogP contribution in [0.25, 0.3) is 12.2 Å². The first-order valence-electron chi connectivity index (χ1n) is 4.53. The Morgan fingerprint density at radius 2 is 2.19 bits per heavy atom. The van der Waals surface area contributed by atoms with Crippen molar-refractivity contribution < 1.29 is 9.90 Å². The summed E-state index contributed by atoms with van der Waals surface area (Å²) < 4.78 is 0. The molecular weight excluding hydrogens is 224 g/mol. The Kier molecular flexibility index (Phi) is 3.07. The number of carbonyl (C=O) groups is 1. The van der Waals surface area contributed by atoms with Crippen molar-refractivity contribution >= 4 is 29.5 Å². The summed E-state index contributed by atoms with van der Waals surface area (Å²) in [7, 11) is 0. The standard InChI is InChI=1S/C11H8N2O2S/c14-11(15)8-2-1-5-12-9(8)3-4-10-13-6-7-16-10/h1-7H,(H,14,15). The Morgan fingerprint density at radius 3 is 2.88 bits per heavy atom. The minimum absolute atomic E-state index is 0.190. The van der Waals surface area contributed by atoms with Gasteiger partial charge in [-0.25, -0.2) is 9.78 Å². The fourth-order valence-corrected chi connectivity index (χ4v) is 1.73. The summed E-state index contributed by atoms with van der Waals surface area (Å²) in [5.74, 6) is -0.980. The van der Waals surface area contributed by atoms with Crippen molar-refractivity contribution in [1.29, 1.82) is 0 Å². The van der Waals surface area contributed by atoms with Crippen molar-refractivity contribution in [2.75, 3.05) is 0 Å². The van der Waals surface area contributed by atoms with Gasteiger partial charge in [0.2, 0.25) is 0 Å². The second-order valence-electron chi connectivity index (χ2n) is 2.95. The maximum atomic E-state index is 10.9. The van der Waals surface area contributed by atoms with E-state index in [-0.39, 0.29) is 5.56 Å². The van der Waals surface area contributed by atoms with Crippen LogP contribution in [0.1, 0.15) is 21.1 Å². The molecule has 1 N–H and O–H groups in total. The van der Waals surface area contributed by atoms with Gasteiger partial charge in [-0.1, -0.05) is 0 Å². The zero-order chi connectivity index (χ0) is 11.4. The Balaban J connectivity index is 2.31. The SMILES string of the molecule is O=C(O)c1cccnc1C=Cc1nccs1. The summed E-state index contributed by atoms with van der Waals surface area (Å²) in [6.07, 6.45) is 6.66. The highest BCUT2D eigenvalue weighted by Gasteiger charge is 2.07. The van der Waals surface area contributed by atoms with E-state index in [2.05, 4.69) is 9.97 Å². The number of hydrogen-bond donors (Lipinski definition) is 1. The number of pyridine rings is 1. The Hall–Kier alpha value is -2.01. The van der Waals surface area contributed by atoms with Gasteiger partial charge in [0.1, 0.15) is 5.01 Å². The highest BCUT2D eigenvalue weighted by molar-refractivity contribution is 7.10. The van der Waals surface area contributed by atoms with E-state index in [1.165, 1.54) is 17.4 Å². The lowest BCUT2D eigenvalue weighted by Crippen LogP contribution is -2.00. The average Bonchev–Trinajstić information content (AvgIpc) is 2.79. The van der Waals surface area contributed by atoms with Crippen LogP contribution in [0.3, 0.4) is 0 Å². The van der Waals surface area contributed by atoms with E-state index in [9.17, 15) is 4.79 Å². The molecular formula is C11H8N2O2S. The monoisotopic (exact) mass is 232 g/mol. The smallest absolute Gasteiger partial charge is 0.337 e. The summed E-state index contributed by atoms with van der Waals surface area (Å²) in [5.41, 5.74) is 0.625. The van der Waals surface area contributed by atoms with E-state index in [0.29, 0.717) is 5.69 Å². The lowest BCUT2D eigenvalue weighted by atomic mass is 10.2. The zero-order valence-electron chi connectivity index (χ0n) is 8.20. The fraction of sp³-hybridized carbons (Fsp3) is 0. The van der Waals surface area contributed by atoms with Crippen molar-refractivity contribution in [3.8, 4) is 0 Å². The second-order valence-corrected chi connectivity index (χ2v) is 3.87. The summed E-state index contributed by atoms with van der Waals surface area (Å²) in [6, 6.07) is 3.13. The normalized spacial score (nSPS) is 10.8. The first kappa shape index (κ1) is 10.5. The lowest BCUT2D eigenvalue weighted by Gasteiger charge is -1.97. The van der Waals surface area contributed by atoms with Gasteiger partial charge >= 0.3 is 5.97 Å². The van der Waals surface area contributed by atoms with Crippen molar-refractivity contribution in [2.24, 2.45) is 0 Å². The zero-order valence-corrected chi connectivity index (χ0v) is 9.02. The Labute approximate surface area is 95.9 Å². The van der Waals surface area contributed by atoms with Crippen LogP contribution in [0, 0.1) is 0 Å². The van der Waals surface area contributed by atoms with Crippen molar-refractivity contribution in [1.82, 2.24) is 9.97 Å². The second kappa shape index (κ2) is 4.67. The molecule has 0 saturated heterocycles. The molecule has 0 aliphatic carbocycles. The molecule has 0 aromatic carbocycles. The number of carboxylic acid groups (broad SMARTS) is 1. The molecule has 4 nitrogen and oxygen atoms in total. The van der Waals surface area contributed by atoms with E-state index >= 15 is 0 Å². The van der Waals surface area contributed by atoms with Gasteiger partial charge in [0.05, 0.1) is 11.3 Å². The third-order valence-electron chi connectivity index (χ3n) is 1.90. The topological polar surface area (TPSA) is 63.1 Å². The predicted octanol–water partition coefficient (Wildman–Crippen LogP) is 2.41. The van der Waals surface area contributed by atoms with Gasteiger partial charge in [0, 0.05) is 17.8 Å². The van der Waals surface area contributed by atoms with E-state index in [1.54, 1.807) is 30.6 Å². The molecule has 0 unspecified atom stereocenters. The molecule has 16 heavy (non-hydrogen) atoms. The molecule has 2 rings (SSSR count). The number of aromatic nitrogens is 2. The van der Waals surface area contributed by atoms with Gasteiger partial charge in [0.25, 0.3) is 0 Å². The minimum Gasteiger partial charge on any atom is -0.478 e. The van der Waals surface area contributed by atoms with Gasteiger partial charge < -0.3 is 5.11 Å². The molecule has 2 heterocycles. The molecule has 0 aliphatic rings. The first-order chi connectivity index (χ1) is 7.77. The molecule has 0 bridgehead atoms. The van der Waals surface area contributed by atoms with Crippen LogP contribution in [-0.4, -0.2) is 21.0 Å². The third-order valence-corrected chi connectivity index (χ3v) is 2.64.